The quantitative estimate of drug-likeness (QED) is 0.772. The van der Waals surface area contributed by atoms with Crippen LogP contribution in [0.2, 0.25) is 5.02 Å². The summed E-state index contributed by atoms with van der Waals surface area (Å²) in [6.07, 6.45) is 0. The van der Waals surface area contributed by atoms with Gasteiger partial charge in [0, 0.05) is 5.69 Å². The first-order valence-corrected chi connectivity index (χ1v) is 8.24. The van der Waals surface area contributed by atoms with E-state index in [0.717, 1.165) is 0 Å². The number of likely N-dealkylation sites (N-methyl/N-ethyl adjacent to an activating group) is 1. The zero-order chi connectivity index (χ0) is 19.4. The van der Waals surface area contributed by atoms with Crippen molar-refractivity contribution < 1.29 is 23.1 Å². The number of furan rings is 1. The molecule has 1 N–H and O–H groups in total. The van der Waals surface area contributed by atoms with Gasteiger partial charge in [0.1, 0.15) is 22.9 Å². The van der Waals surface area contributed by atoms with Crippen LogP contribution in [0.15, 0.2) is 28.7 Å². The summed E-state index contributed by atoms with van der Waals surface area (Å²) in [5.41, 5.74) is 0.762. The van der Waals surface area contributed by atoms with Gasteiger partial charge in [0.15, 0.2) is 0 Å². The van der Waals surface area contributed by atoms with Crippen molar-refractivity contribution in [2.75, 3.05) is 19.5 Å². The number of nitrogens with zero attached hydrogens (tertiary/aromatic N) is 1. The highest BCUT2D eigenvalue weighted by Gasteiger charge is 2.22. The molecule has 0 saturated heterocycles. The minimum Gasteiger partial charge on any atom is -0.465 e. The third kappa shape index (κ3) is 4.62. The number of methoxy groups -OCH3 is 1. The van der Waals surface area contributed by atoms with Crippen molar-refractivity contribution in [2.45, 2.75) is 26.4 Å². The molecule has 0 fully saturated rings. The molecule has 1 aromatic heterocycles. The first-order valence-electron chi connectivity index (χ1n) is 7.86. The number of hydrogen-bond acceptors (Lipinski definition) is 5. The van der Waals surface area contributed by atoms with Crippen LogP contribution in [0, 0.1) is 12.7 Å². The van der Waals surface area contributed by atoms with Crippen LogP contribution in [0.25, 0.3) is 0 Å². The average molecular weight is 383 g/mol. The van der Waals surface area contributed by atoms with Gasteiger partial charge in [-0.3, -0.25) is 9.69 Å². The molecule has 2 aromatic rings. The molecule has 2 rings (SSSR count). The number of aryl methyl sites for hydroxylation is 1. The smallest absolute Gasteiger partial charge is 0.341 e. The van der Waals surface area contributed by atoms with Crippen LogP contribution < -0.4 is 5.32 Å². The van der Waals surface area contributed by atoms with E-state index in [2.05, 4.69) is 5.32 Å². The summed E-state index contributed by atoms with van der Waals surface area (Å²) in [7, 11) is 3.05. The normalized spacial score (nSPS) is 12.1. The number of amides is 1. The number of rotatable bonds is 6. The number of carbonyl (C=O) groups excluding carboxylic acids is 2. The molecule has 140 valence electrons. The molecular formula is C18H20ClFN2O4. The van der Waals surface area contributed by atoms with Gasteiger partial charge in [-0.25, -0.2) is 9.18 Å². The highest BCUT2D eigenvalue weighted by atomic mass is 35.5. The Morgan fingerprint density at radius 2 is 2.08 bits per heavy atom. The van der Waals surface area contributed by atoms with Crippen LogP contribution in [-0.4, -0.2) is 37.0 Å². The molecule has 0 aliphatic rings. The van der Waals surface area contributed by atoms with E-state index in [4.69, 9.17) is 20.8 Å². The van der Waals surface area contributed by atoms with Crippen LogP contribution in [0.3, 0.4) is 0 Å². The van der Waals surface area contributed by atoms with E-state index in [0.29, 0.717) is 29.3 Å². The van der Waals surface area contributed by atoms with Crippen molar-refractivity contribution in [3.05, 3.63) is 52.2 Å². The second-order valence-electron chi connectivity index (χ2n) is 5.88. The number of nitrogens with one attached hydrogen (secondary N) is 1. The Morgan fingerprint density at radius 1 is 1.38 bits per heavy atom. The van der Waals surface area contributed by atoms with Crippen molar-refractivity contribution in [3.8, 4) is 0 Å². The average Bonchev–Trinajstić information content (AvgIpc) is 2.96. The minimum absolute atomic E-state index is 0.0646. The Balaban J connectivity index is 2.02. The van der Waals surface area contributed by atoms with E-state index >= 15 is 0 Å². The number of benzene rings is 1. The fourth-order valence-corrected chi connectivity index (χ4v) is 2.52. The van der Waals surface area contributed by atoms with E-state index in [1.165, 1.54) is 25.3 Å². The van der Waals surface area contributed by atoms with Crippen molar-refractivity contribution >= 4 is 29.2 Å². The lowest BCUT2D eigenvalue weighted by atomic mass is 10.2. The number of anilines is 1. The van der Waals surface area contributed by atoms with Gasteiger partial charge >= 0.3 is 5.97 Å². The second-order valence-corrected chi connectivity index (χ2v) is 6.29. The number of hydrogen-bond donors (Lipinski definition) is 1. The molecule has 1 aromatic carbocycles. The minimum atomic E-state index is -0.551. The highest BCUT2D eigenvalue weighted by Crippen LogP contribution is 2.21. The second kappa shape index (κ2) is 8.33. The van der Waals surface area contributed by atoms with E-state index < -0.39 is 17.8 Å². The summed E-state index contributed by atoms with van der Waals surface area (Å²) >= 11 is 5.71. The van der Waals surface area contributed by atoms with Gasteiger partial charge in [0.05, 0.1) is 24.7 Å². The van der Waals surface area contributed by atoms with Crippen LogP contribution in [0.5, 0.6) is 0 Å². The first kappa shape index (κ1) is 19.9. The Labute approximate surface area is 155 Å². The maximum atomic E-state index is 13.2. The number of halogens is 2. The van der Waals surface area contributed by atoms with E-state index in [1.54, 1.807) is 31.9 Å². The SMILES string of the molecule is COC(=O)c1cc(CN(C)C(C)C(=O)Nc2ccc(F)c(Cl)c2)oc1C. The first-order chi connectivity index (χ1) is 12.2. The molecule has 1 unspecified atom stereocenters. The lowest BCUT2D eigenvalue weighted by Crippen LogP contribution is -2.39. The predicted molar refractivity (Wildman–Crippen MR) is 95.8 cm³/mol. The Kier molecular flexibility index (Phi) is 6.39. The van der Waals surface area contributed by atoms with Gasteiger partial charge in [-0.1, -0.05) is 11.6 Å². The molecule has 0 radical (unpaired) electrons. The number of ether oxygens (including phenoxy) is 1. The molecule has 0 aliphatic heterocycles. The lowest BCUT2D eigenvalue weighted by Gasteiger charge is -2.23. The third-order valence-corrected chi connectivity index (χ3v) is 4.30. The summed E-state index contributed by atoms with van der Waals surface area (Å²) in [5.74, 6) is -0.316. The molecule has 0 saturated carbocycles. The van der Waals surface area contributed by atoms with Crippen LogP contribution >= 0.6 is 11.6 Å². The van der Waals surface area contributed by atoms with Gasteiger partial charge < -0.3 is 14.5 Å². The molecule has 1 amide bonds. The van der Waals surface area contributed by atoms with Gasteiger partial charge in [-0.05, 0) is 45.2 Å². The Bertz CT molecular complexity index is 822. The molecule has 8 heteroatoms. The van der Waals surface area contributed by atoms with Crippen LogP contribution in [0.1, 0.15) is 28.8 Å². The van der Waals surface area contributed by atoms with Crippen molar-refractivity contribution in [3.63, 3.8) is 0 Å². The summed E-state index contributed by atoms with van der Waals surface area (Å²) in [4.78, 5) is 25.8. The van der Waals surface area contributed by atoms with Crippen LogP contribution in [-0.2, 0) is 16.1 Å². The standard InChI is InChI=1S/C18H20ClFN2O4/c1-10(17(23)21-12-5-6-16(20)15(19)7-12)22(3)9-13-8-14(11(2)26-13)18(24)25-4/h5-8,10H,9H2,1-4H3,(H,21,23). The van der Waals surface area contributed by atoms with Gasteiger partial charge in [-0.15, -0.1) is 0 Å². The van der Waals surface area contributed by atoms with E-state index in [1.807, 2.05) is 0 Å². The largest absolute Gasteiger partial charge is 0.465 e. The predicted octanol–water partition coefficient (Wildman–Crippen LogP) is 3.63. The third-order valence-electron chi connectivity index (χ3n) is 4.01. The molecular weight excluding hydrogens is 363 g/mol. The fourth-order valence-electron chi connectivity index (χ4n) is 2.34. The fraction of sp³-hybridized carbons (Fsp3) is 0.333. The van der Waals surface area contributed by atoms with Crippen molar-refractivity contribution in [1.29, 1.82) is 0 Å². The zero-order valence-electron chi connectivity index (χ0n) is 14.9. The summed E-state index contributed by atoms with van der Waals surface area (Å²) in [6.45, 7) is 3.71. The van der Waals surface area contributed by atoms with Crippen LogP contribution in [0.4, 0.5) is 10.1 Å². The highest BCUT2D eigenvalue weighted by molar-refractivity contribution is 6.31. The summed E-state index contributed by atoms with van der Waals surface area (Å²) in [5, 5.41) is 2.62. The molecule has 0 aliphatic carbocycles. The van der Waals surface area contributed by atoms with Crippen molar-refractivity contribution in [1.82, 2.24) is 4.90 Å². The van der Waals surface area contributed by atoms with Crippen molar-refractivity contribution in [2.24, 2.45) is 0 Å². The summed E-state index contributed by atoms with van der Waals surface area (Å²) < 4.78 is 23.4. The molecule has 26 heavy (non-hydrogen) atoms. The lowest BCUT2D eigenvalue weighted by molar-refractivity contribution is -0.120. The zero-order valence-corrected chi connectivity index (χ0v) is 15.7. The maximum Gasteiger partial charge on any atom is 0.341 e. The summed E-state index contributed by atoms with van der Waals surface area (Å²) in [6, 6.07) is 5.06. The molecule has 6 nitrogen and oxygen atoms in total. The monoisotopic (exact) mass is 382 g/mol. The van der Waals surface area contributed by atoms with Gasteiger partial charge in [0.25, 0.3) is 0 Å². The Hall–Kier alpha value is -2.38. The molecule has 0 spiro atoms. The van der Waals surface area contributed by atoms with E-state index in [9.17, 15) is 14.0 Å². The molecule has 1 heterocycles. The van der Waals surface area contributed by atoms with E-state index in [-0.39, 0.29) is 10.9 Å². The van der Waals surface area contributed by atoms with Gasteiger partial charge in [0.2, 0.25) is 5.91 Å². The number of carbonyl (C=O) groups is 2. The maximum absolute atomic E-state index is 13.2. The Morgan fingerprint density at radius 3 is 2.69 bits per heavy atom. The number of esters is 1. The van der Waals surface area contributed by atoms with Gasteiger partial charge in [-0.2, -0.15) is 0 Å². The molecule has 1 atom stereocenters. The molecule has 0 bridgehead atoms. The topological polar surface area (TPSA) is 71.8 Å².